The molecular weight excluding hydrogens is 358 g/mol. The average molecular weight is 383 g/mol. The number of benzene rings is 1. The van der Waals surface area contributed by atoms with Gasteiger partial charge < -0.3 is 19.2 Å². The summed E-state index contributed by atoms with van der Waals surface area (Å²) in [7, 11) is 1.59. The Bertz CT molecular complexity index is 1020. The first kappa shape index (κ1) is 19.8. The topological polar surface area (TPSA) is 86.3 Å². The highest BCUT2D eigenvalue weighted by Gasteiger charge is 2.21. The van der Waals surface area contributed by atoms with Gasteiger partial charge in [0.25, 0.3) is 5.56 Å². The molecule has 7 heteroatoms. The van der Waals surface area contributed by atoms with Gasteiger partial charge >= 0.3 is 0 Å². The molecule has 28 heavy (non-hydrogen) atoms. The van der Waals surface area contributed by atoms with E-state index in [2.05, 4.69) is 15.0 Å². The number of hydrogen-bond acceptors (Lipinski definition) is 6. The third-order valence-electron chi connectivity index (χ3n) is 4.22. The summed E-state index contributed by atoms with van der Waals surface area (Å²) in [6.45, 7) is 8.48. The Morgan fingerprint density at radius 3 is 2.46 bits per heavy atom. The Hall–Kier alpha value is -2.93. The third kappa shape index (κ3) is 4.14. The second-order valence-electron chi connectivity index (χ2n) is 6.82. The van der Waals surface area contributed by atoms with Crippen LogP contribution in [0.25, 0.3) is 22.0 Å². The number of nitrogens with zero attached hydrogens (tertiary/aromatic N) is 2. The summed E-state index contributed by atoms with van der Waals surface area (Å²) in [5, 5.41) is 0.384. The van der Waals surface area contributed by atoms with Crippen LogP contribution in [0.4, 0.5) is 0 Å². The van der Waals surface area contributed by atoms with Crippen LogP contribution in [0.15, 0.2) is 29.3 Å². The van der Waals surface area contributed by atoms with E-state index in [1.54, 1.807) is 13.2 Å². The van der Waals surface area contributed by atoms with Crippen molar-refractivity contribution in [2.24, 2.45) is 0 Å². The van der Waals surface area contributed by atoms with Gasteiger partial charge in [-0.2, -0.15) is 0 Å². The fraction of sp³-hybridized carbons (Fsp3) is 0.381. The Kier molecular flexibility index (Phi) is 5.94. The van der Waals surface area contributed by atoms with Crippen LogP contribution in [-0.4, -0.2) is 41.4 Å². The van der Waals surface area contributed by atoms with Crippen LogP contribution >= 0.6 is 0 Å². The van der Waals surface area contributed by atoms with Crippen LogP contribution in [0.3, 0.4) is 0 Å². The molecular formula is C21H25N3O4. The molecule has 0 fully saturated rings. The van der Waals surface area contributed by atoms with E-state index in [0.29, 0.717) is 41.2 Å². The van der Waals surface area contributed by atoms with Gasteiger partial charge in [0, 0.05) is 17.5 Å². The SMILES string of the molecule is COc1cc2nc[nH]c(=O)c2c(OCCOC(C)C)c1-c1cc(C)nc(C)c1. The lowest BCUT2D eigenvalue weighted by atomic mass is 10.00. The Balaban J connectivity index is 2.23. The van der Waals surface area contributed by atoms with Crippen LogP contribution in [-0.2, 0) is 4.74 Å². The number of H-pyrrole nitrogens is 1. The van der Waals surface area contributed by atoms with Gasteiger partial charge in [-0.25, -0.2) is 4.98 Å². The molecule has 3 rings (SSSR count). The van der Waals surface area contributed by atoms with E-state index in [1.165, 1.54) is 6.33 Å². The van der Waals surface area contributed by atoms with Crippen molar-refractivity contribution < 1.29 is 14.2 Å². The zero-order valence-electron chi connectivity index (χ0n) is 16.8. The van der Waals surface area contributed by atoms with Crippen molar-refractivity contribution in [3.8, 4) is 22.6 Å². The van der Waals surface area contributed by atoms with Gasteiger partial charge in [-0.3, -0.25) is 9.78 Å². The van der Waals surface area contributed by atoms with Crippen molar-refractivity contribution in [1.29, 1.82) is 0 Å². The van der Waals surface area contributed by atoms with Crippen LogP contribution in [0, 0.1) is 13.8 Å². The number of aryl methyl sites for hydroxylation is 2. The van der Waals surface area contributed by atoms with Gasteiger partial charge in [0.05, 0.1) is 37.2 Å². The molecule has 0 atom stereocenters. The Labute approximate surface area is 163 Å². The molecule has 148 valence electrons. The number of aromatic nitrogens is 3. The summed E-state index contributed by atoms with van der Waals surface area (Å²) >= 11 is 0. The van der Waals surface area contributed by atoms with Crippen molar-refractivity contribution in [1.82, 2.24) is 15.0 Å². The summed E-state index contributed by atoms with van der Waals surface area (Å²) in [6.07, 6.45) is 1.47. The highest BCUT2D eigenvalue weighted by atomic mass is 16.5. The zero-order valence-corrected chi connectivity index (χ0v) is 16.8. The molecule has 0 saturated heterocycles. The minimum atomic E-state index is -0.267. The van der Waals surface area contributed by atoms with E-state index in [4.69, 9.17) is 14.2 Å². The normalized spacial score (nSPS) is 11.2. The molecule has 0 saturated carbocycles. The number of fused-ring (bicyclic) bond motifs is 1. The Morgan fingerprint density at radius 1 is 1.11 bits per heavy atom. The molecule has 0 aliphatic rings. The van der Waals surface area contributed by atoms with Crippen LogP contribution in [0.1, 0.15) is 25.2 Å². The van der Waals surface area contributed by atoms with Gasteiger partial charge in [0.2, 0.25) is 0 Å². The lowest BCUT2D eigenvalue weighted by Crippen LogP contribution is -2.14. The van der Waals surface area contributed by atoms with Crippen LogP contribution in [0.2, 0.25) is 0 Å². The summed E-state index contributed by atoms with van der Waals surface area (Å²) in [4.78, 5) is 23.9. The first-order valence-electron chi connectivity index (χ1n) is 9.19. The number of ether oxygens (including phenoxy) is 3. The largest absolute Gasteiger partial charge is 0.496 e. The molecule has 0 amide bonds. The summed E-state index contributed by atoms with van der Waals surface area (Å²) < 4.78 is 17.3. The molecule has 0 unspecified atom stereocenters. The fourth-order valence-corrected chi connectivity index (χ4v) is 3.16. The van der Waals surface area contributed by atoms with E-state index < -0.39 is 0 Å². The maximum Gasteiger partial charge on any atom is 0.262 e. The van der Waals surface area contributed by atoms with E-state index in [0.717, 1.165) is 17.0 Å². The average Bonchev–Trinajstić information content (AvgIpc) is 2.63. The van der Waals surface area contributed by atoms with Crippen molar-refractivity contribution in [2.45, 2.75) is 33.8 Å². The lowest BCUT2D eigenvalue weighted by molar-refractivity contribution is 0.0556. The molecule has 2 aromatic heterocycles. The quantitative estimate of drug-likeness (QED) is 0.629. The minimum absolute atomic E-state index is 0.0979. The molecule has 1 N–H and O–H groups in total. The number of methoxy groups -OCH3 is 1. The van der Waals surface area contributed by atoms with Crippen LogP contribution in [0.5, 0.6) is 11.5 Å². The predicted octanol–water partition coefficient (Wildman–Crippen LogP) is 3.41. The van der Waals surface area contributed by atoms with Gasteiger partial charge in [0.1, 0.15) is 23.5 Å². The molecule has 1 aromatic carbocycles. The van der Waals surface area contributed by atoms with Gasteiger partial charge in [-0.1, -0.05) is 0 Å². The summed E-state index contributed by atoms with van der Waals surface area (Å²) in [6, 6.07) is 5.64. The standard InChI is InChI=1S/C21H25N3O4/c1-12(2)27-6-7-28-20-18(15-8-13(3)24-14(4)9-15)17(26-5)10-16-19(20)21(25)23-11-22-16/h8-12H,6-7H2,1-5H3,(H,22,23,25). The second kappa shape index (κ2) is 8.39. The molecule has 0 spiro atoms. The smallest absolute Gasteiger partial charge is 0.262 e. The fourth-order valence-electron chi connectivity index (χ4n) is 3.16. The molecule has 0 bridgehead atoms. The van der Waals surface area contributed by atoms with Crippen LogP contribution < -0.4 is 15.0 Å². The van der Waals surface area contributed by atoms with E-state index in [1.807, 2.05) is 39.8 Å². The third-order valence-corrected chi connectivity index (χ3v) is 4.22. The van der Waals surface area contributed by atoms with E-state index >= 15 is 0 Å². The van der Waals surface area contributed by atoms with Crippen molar-refractivity contribution in [3.63, 3.8) is 0 Å². The van der Waals surface area contributed by atoms with Gasteiger partial charge in [-0.05, 0) is 45.4 Å². The van der Waals surface area contributed by atoms with Gasteiger partial charge in [-0.15, -0.1) is 0 Å². The van der Waals surface area contributed by atoms with Crippen molar-refractivity contribution >= 4 is 10.9 Å². The molecule has 0 radical (unpaired) electrons. The number of nitrogens with one attached hydrogen (secondary N) is 1. The summed E-state index contributed by atoms with van der Waals surface area (Å²) in [5.41, 5.74) is 3.54. The first-order chi connectivity index (χ1) is 13.4. The van der Waals surface area contributed by atoms with E-state index in [9.17, 15) is 4.79 Å². The molecule has 0 aliphatic heterocycles. The minimum Gasteiger partial charge on any atom is -0.496 e. The second-order valence-corrected chi connectivity index (χ2v) is 6.82. The highest BCUT2D eigenvalue weighted by Crippen LogP contribution is 2.42. The number of aromatic amines is 1. The molecule has 3 aromatic rings. The maximum absolute atomic E-state index is 12.6. The van der Waals surface area contributed by atoms with Crippen molar-refractivity contribution in [2.75, 3.05) is 20.3 Å². The number of pyridine rings is 1. The maximum atomic E-state index is 12.6. The van der Waals surface area contributed by atoms with Crippen molar-refractivity contribution in [3.05, 3.63) is 46.3 Å². The highest BCUT2D eigenvalue weighted by molar-refractivity contribution is 5.96. The predicted molar refractivity (Wildman–Crippen MR) is 108 cm³/mol. The monoisotopic (exact) mass is 383 g/mol. The number of hydrogen-bond donors (Lipinski definition) is 1. The number of rotatable bonds is 7. The lowest BCUT2D eigenvalue weighted by Gasteiger charge is -2.18. The van der Waals surface area contributed by atoms with E-state index in [-0.39, 0.29) is 11.7 Å². The molecule has 7 nitrogen and oxygen atoms in total. The summed E-state index contributed by atoms with van der Waals surface area (Å²) in [5.74, 6) is 1.01. The molecule has 0 aliphatic carbocycles. The Morgan fingerprint density at radius 2 is 1.82 bits per heavy atom. The van der Waals surface area contributed by atoms with Gasteiger partial charge in [0.15, 0.2) is 0 Å². The zero-order chi connectivity index (χ0) is 20.3. The first-order valence-corrected chi connectivity index (χ1v) is 9.19. The molecule has 2 heterocycles.